The van der Waals surface area contributed by atoms with E-state index in [1.807, 2.05) is 5.32 Å². The van der Waals surface area contributed by atoms with Gasteiger partial charge in [-0.15, -0.1) is 0 Å². The van der Waals surface area contributed by atoms with Crippen molar-refractivity contribution < 1.29 is 33.5 Å². The van der Waals surface area contributed by atoms with Crippen LogP contribution in [0.3, 0.4) is 0 Å². The monoisotopic (exact) mass is 341 g/mol. The second kappa shape index (κ2) is 6.89. The number of carbonyl (C=O) groups excluding carboxylic acids is 2. The van der Waals surface area contributed by atoms with Gasteiger partial charge in [0.05, 0.1) is 10.6 Å². The number of halogens is 1. The Morgan fingerprint density at radius 1 is 1.50 bits per heavy atom. The zero-order chi connectivity index (χ0) is 17.9. The Morgan fingerprint density at radius 2 is 2.21 bits per heavy atom. The minimum atomic E-state index is -1.74. The van der Waals surface area contributed by atoms with Crippen molar-refractivity contribution >= 4 is 29.2 Å². The number of amides is 2. The number of hydrogen-bond acceptors (Lipinski definition) is 6. The summed E-state index contributed by atoms with van der Waals surface area (Å²) in [6, 6.07) is 1.78. The molecule has 1 aliphatic heterocycles. The second-order valence-corrected chi connectivity index (χ2v) is 4.79. The number of ether oxygens (including phenoxy) is 1. The Morgan fingerprint density at radius 3 is 2.79 bits per heavy atom. The summed E-state index contributed by atoms with van der Waals surface area (Å²) in [7, 11) is 0. The Kier molecular flexibility index (Phi) is 4.92. The van der Waals surface area contributed by atoms with Crippen molar-refractivity contribution in [2.45, 2.75) is 6.04 Å². The summed E-state index contributed by atoms with van der Waals surface area (Å²) in [4.78, 5) is 45.6. The number of carboxylic acids is 1. The zero-order valence-electron chi connectivity index (χ0n) is 12.1. The van der Waals surface area contributed by atoms with Gasteiger partial charge in [0.1, 0.15) is 19.0 Å². The quantitative estimate of drug-likeness (QED) is 0.542. The zero-order valence-corrected chi connectivity index (χ0v) is 12.1. The largest absolute Gasteiger partial charge is 0.482 e. The highest BCUT2D eigenvalue weighted by atomic mass is 19.1. The second-order valence-electron chi connectivity index (χ2n) is 4.79. The van der Waals surface area contributed by atoms with E-state index in [0.29, 0.717) is 0 Å². The molecule has 2 N–H and O–H groups in total. The molecule has 128 valence electrons. The van der Waals surface area contributed by atoms with Crippen LogP contribution in [0, 0.1) is 10.1 Å². The summed E-state index contributed by atoms with van der Waals surface area (Å²) in [6.07, 6.45) is 0. The van der Waals surface area contributed by atoms with Crippen LogP contribution in [0.15, 0.2) is 18.2 Å². The molecule has 1 aromatic rings. The van der Waals surface area contributed by atoms with Crippen LogP contribution < -0.4 is 15.0 Å². The third-order valence-corrected chi connectivity index (χ3v) is 3.19. The standard InChI is InChI=1S/C13H12FN3O7/c14-4-8(13(20)21)15-11(18)5-16-9-3-7(17(22)23)1-2-10(9)24-6-12(16)19/h1-3,8H,4-6H2,(H,15,18)(H,20,21). The SMILES string of the molecule is O=C(CN1C(=O)COc2ccc([N+](=O)[O-])cc21)NC(CF)C(=O)O. The molecule has 0 aliphatic carbocycles. The van der Waals surface area contributed by atoms with Gasteiger partial charge in [-0.3, -0.25) is 24.6 Å². The normalized spacial score (nSPS) is 14.4. The molecule has 0 bridgehead atoms. The number of nitro groups is 1. The van der Waals surface area contributed by atoms with E-state index in [9.17, 15) is 28.9 Å². The molecule has 2 amide bonds. The molecule has 0 saturated carbocycles. The summed E-state index contributed by atoms with van der Waals surface area (Å²) in [5.74, 6) is -2.97. The number of hydrogen-bond donors (Lipinski definition) is 2. The molecule has 0 saturated heterocycles. The van der Waals surface area contributed by atoms with Crippen LogP contribution in [0.4, 0.5) is 15.8 Å². The first kappa shape index (κ1) is 17.1. The van der Waals surface area contributed by atoms with Gasteiger partial charge in [-0.2, -0.15) is 0 Å². The fraction of sp³-hybridized carbons (Fsp3) is 0.308. The van der Waals surface area contributed by atoms with Gasteiger partial charge in [-0.1, -0.05) is 0 Å². The number of aliphatic carboxylic acids is 1. The van der Waals surface area contributed by atoms with Gasteiger partial charge in [-0.25, -0.2) is 9.18 Å². The summed E-state index contributed by atoms with van der Waals surface area (Å²) >= 11 is 0. The number of nitrogens with zero attached hydrogens (tertiary/aromatic N) is 2. The van der Waals surface area contributed by atoms with Crippen molar-refractivity contribution in [1.82, 2.24) is 5.32 Å². The highest BCUT2D eigenvalue weighted by molar-refractivity contribution is 6.02. The van der Waals surface area contributed by atoms with E-state index in [1.54, 1.807) is 0 Å². The third kappa shape index (κ3) is 3.56. The topological polar surface area (TPSA) is 139 Å². The number of rotatable bonds is 6. The van der Waals surface area contributed by atoms with E-state index in [-0.39, 0.29) is 23.7 Å². The van der Waals surface area contributed by atoms with Crippen molar-refractivity contribution in [1.29, 1.82) is 0 Å². The molecule has 11 heteroatoms. The number of benzene rings is 1. The maximum Gasteiger partial charge on any atom is 0.328 e. The molecule has 1 aliphatic rings. The first-order valence-corrected chi connectivity index (χ1v) is 6.63. The van der Waals surface area contributed by atoms with Gasteiger partial charge in [0, 0.05) is 12.1 Å². The molecule has 10 nitrogen and oxygen atoms in total. The van der Waals surface area contributed by atoms with Gasteiger partial charge >= 0.3 is 5.97 Å². The number of nitrogens with one attached hydrogen (secondary N) is 1. The van der Waals surface area contributed by atoms with Crippen LogP contribution in [0.1, 0.15) is 0 Å². The predicted molar refractivity (Wildman–Crippen MR) is 76.5 cm³/mol. The smallest absolute Gasteiger partial charge is 0.328 e. The van der Waals surface area contributed by atoms with Gasteiger partial charge < -0.3 is 15.2 Å². The first-order chi connectivity index (χ1) is 11.3. The van der Waals surface area contributed by atoms with Crippen LogP contribution in [0.2, 0.25) is 0 Å². The van der Waals surface area contributed by atoms with E-state index < -0.39 is 42.0 Å². The third-order valence-electron chi connectivity index (χ3n) is 3.19. The van der Waals surface area contributed by atoms with Crippen LogP contribution in [0.5, 0.6) is 5.75 Å². The fourth-order valence-corrected chi connectivity index (χ4v) is 2.03. The van der Waals surface area contributed by atoms with Crippen molar-refractivity contribution in [2.75, 3.05) is 24.7 Å². The summed E-state index contributed by atoms with van der Waals surface area (Å²) in [5, 5.41) is 21.5. The molecule has 0 spiro atoms. The number of carbonyl (C=O) groups is 3. The van der Waals surface area contributed by atoms with Crippen molar-refractivity contribution in [3.8, 4) is 5.75 Å². The van der Waals surface area contributed by atoms with E-state index in [0.717, 1.165) is 11.0 Å². The van der Waals surface area contributed by atoms with Gasteiger partial charge in [0.2, 0.25) is 5.91 Å². The number of non-ortho nitro benzene ring substituents is 1. The summed E-state index contributed by atoms with van der Waals surface area (Å²) in [6.45, 7) is -2.33. The maximum atomic E-state index is 12.5. The highest BCUT2D eigenvalue weighted by Gasteiger charge is 2.30. The molecule has 0 aromatic heterocycles. The van der Waals surface area contributed by atoms with E-state index in [2.05, 4.69) is 0 Å². The number of anilines is 1. The molecule has 0 fully saturated rings. The minimum Gasteiger partial charge on any atom is -0.482 e. The Hall–Kier alpha value is -3.24. The van der Waals surface area contributed by atoms with E-state index in [4.69, 9.17) is 9.84 Å². The first-order valence-electron chi connectivity index (χ1n) is 6.63. The van der Waals surface area contributed by atoms with Crippen LogP contribution in [0.25, 0.3) is 0 Å². The average molecular weight is 341 g/mol. The molecule has 1 unspecified atom stereocenters. The highest BCUT2D eigenvalue weighted by Crippen LogP contribution is 2.35. The van der Waals surface area contributed by atoms with E-state index in [1.165, 1.54) is 12.1 Å². The maximum absolute atomic E-state index is 12.5. The van der Waals surface area contributed by atoms with Gasteiger partial charge in [-0.05, 0) is 6.07 Å². The van der Waals surface area contributed by atoms with Crippen molar-refractivity contribution in [3.63, 3.8) is 0 Å². The summed E-state index contributed by atoms with van der Waals surface area (Å²) in [5.41, 5.74) is -0.313. The Labute approximate surface area is 134 Å². The van der Waals surface area contributed by atoms with Crippen LogP contribution in [-0.4, -0.2) is 53.7 Å². The molecule has 2 rings (SSSR count). The Bertz CT molecular complexity index is 709. The lowest BCUT2D eigenvalue weighted by Gasteiger charge is -2.28. The molecule has 1 aromatic carbocycles. The lowest BCUT2D eigenvalue weighted by molar-refractivity contribution is -0.384. The fourth-order valence-electron chi connectivity index (χ4n) is 2.03. The Balaban J connectivity index is 2.23. The lowest BCUT2D eigenvalue weighted by atomic mass is 10.2. The van der Waals surface area contributed by atoms with Crippen LogP contribution in [-0.2, 0) is 14.4 Å². The molecule has 0 radical (unpaired) electrons. The number of carboxylic acid groups (broad SMARTS) is 1. The molecule has 1 atom stereocenters. The molecule has 1 heterocycles. The van der Waals surface area contributed by atoms with Crippen LogP contribution >= 0.6 is 0 Å². The van der Waals surface area contributed by atoms with Gasteiger partial charge in [0.25, 0.3) is 11.6 Å². The average Bonchev–Trinajstić information content (AvgIpc) is 2.54. The molecule has 24 heavy (non-hydrogen) atoms. The lowest BCUT2D eigenvalue weighted by Crippen LogP contribution is -2.49. The molecular formula is C13H12FN3O7. The van der Waals surface area contributed by atoms with Crippen molar-refractivity contribution in [2.24, 2.45) is 0 Å². The number of alkyl halides is 1. The predicted octanol–water partition coefficient (Wildman–Crippen LogP) is -0.141. The minimum absolute atomic E-state index is 0.00252. The summed E-state index contributed by atoms with van der Waals surface area (Å²) < 4.78 is 17.7. The molecular weight excluding hydrogens is 329 g/mol. The number of nitro benzene ring substituents is 1. The number of fused-ring (bicyclic) bond motifs is 1. The van der Waals surface area contributed by atoms with E-state index >= 15 is 0 Å². The van der Waals surface area contributed by atoms with Gasteiger partial charge in [0.15, 0.2) is 12.6 Å². The van der Waals surface area contributed by atoms with Crippen molar-refractivity contribution in [3.05, 3.63) is 28.3 Å².